The third-order valence-electron chi connectivity index (χ3n) is 4.60. The maximum atomic E-state index is 13.0. The average Bonchev–Trinajstić information content (AvgIpc) is 3.17. The standard InChI is InChI=1S/C22H23N3O4/c1-14-9-7-8-12-17(14)20-18(13-25(24-20)16-10-5-4-6-11-16)21(27)23-19(15(2)26)22(28)29-3/h4-13,15,19,26H,1-3H3,(H,23,27)/t15-,19+/m1/s1. The third kappa shape index (κ3) is 4.35. The van der Waals surface area contributed by atoms with Crippen LogP contribution >= 0.6 is 0 Å². The number of aryl methyl sites for hydroxylation is 1. The van der Waals surface area contributed by atoms with Crippen molar-refractivity contribution in [2.75, 3.05) is 7.11 Å². The predicted octanol–water partition coefficient (Wildman–Crippen LogP) is 2.50. The molecule has 7 heteroatoms. The molecule has 29 heavy (non-hydrogen) atoms. The van der Waals surface area contributed by atoms with Crippen molar-refractivity contribution in [3.05, 3.63) is 71.9 Å². The molecule has 0 saturated heterocycles. The molecule has 0 aliphatic carbocycles. The number of aliphatic hydroxyl groups excluding tert-OH is 1. The van der Waals surface area contributed by atoms with E-state index in [2.05, 4.69) is 15.2 Å². The number of methoxy groups -OCH3 is 1. The summed E-state index contributed by atoms with van der Waals surface area (Å²) < 4.78 is 6.30. The van der Waals surface area contributed by atoms with E-state index >= 15 is 0 Å². The summed E-state index contributed by atoms with van der Waals surface area (Å²) in [5.74, 6) is -1.25. The fourth-order valence-electron chi connectivity index (χ4n) is 3.01. The summed E-state index contributed by atoms with van der Waals surface area (Å²) in [6, 6.07) is 15.8. The molecule has 1 amide bonds. The van der Waals surface area contributed by atoms with Crippen LogP contribution in [-0.2, 0) is 9.53 Å². The number of carbonyl (C=O) groups is 2. The molecule has 2 aromatic carbocycles. The van der Waals surface area contributed by atoms with Crippen molar-refractivity contribution in [2.24, 2.45) is 0 Å². The molecule has 0 aliphatic heterocycles. The number of benzene rings is 2. The van der Waals surface area contributed by atoms with Crippen molar-refractivity contribution in [1.82, 2.24) is 15.1 Å². The zero-order valence-electron chi connectivity index (χ0n) is 16.5. The molecule has 0 saturated carbocycles. The van der Waals surface area contributed by atoms with Gasteiger partial charge in [0.1, 0.15) is 5.69 Å². The Morgan fingerprint density at radius 1 is 1.10 bits per heavy atom. The number of esters is 1. The van der Waals surface area contributed by atoms with E-state index in [1.165, 1.54) is 14.0 Å². The second kappa shape index (κ2) is 8.70. The van der Waals surface area contributed by atoms with Crippen molar-refractivity contribution in [2.45, 2.75) is 26.0 Å². The van der Waals surface area contributed by atoms with Crippen LogP contribution in [0.15, 0.2) is 60.8 Å². The van der Waals surface area contributed by atoms with E-state index in [1.807, 2.05) is 61.5 Å². The molecule has 2 atom stereocenters. The fourth-order valence-corrected chi connectivity index (χ4v) is 3.01. The lowest BCUT2D eigenvalue weighted by molar-refractivity contribution is -0.145. The van der Waals surface area contributed by atoms with Gasteiger partial charge in [-0.15, -0.1) is 0 Å². The fraction of sp³-hybridized carbons (Fsp3) is 0.227. The Kier molecular flexibility index (Phi) is 6.09. The van der Waals surface area contributed by atoms with Gasteiger partial charge >= 0.3 is 5.97 Å². The summed E-state index contributed by atoms with van der Waals surface area (Å²) in [7, 11) is 1.20. The zero-order chi connectivity index (χ0) is 21.0. The average molecular weight is 393 g/mol. The highest BCUT2D eigenvalue weighted by molar-refractivity contribution is 6.02. The van der Waals surface area contributed by atoms with E-state index in [4.69, 9.17) is 0 Å². The van der Waals surface area contributed by atoms with Gasteiger partial charge in [-0.25, -0.2) is 9.48 Å². The van der Waals surface area contributed by atoms with Crippen LogP contribution in [0, 0.1) is 6.92 Å². The number of ether oxygens (including phenoxy) is 1. The number of rotatable bonds is 6. The van der Waals surface area contributed by atoms with Gasteiger partial charge in [-0.1, -0.05) is 42.5 Å². The van der Waals surface area contributed by atoms with Crippen molar-refractivity contribution in [3.63, 3.8) is 0 Å². The summed E-state index contributed by atoms with van der Waals surface area (Å²) in [6.07, 6.45) is 0.500. The van der Waals surface area contributed by atoms with Gasteiger partial charge in [0.25, 0.3) is 5.91 Å². The lowest BCUT2D eigenvalue weighted by Gasteiger charge is -2.18. The van der Waals surface area contributed by atoms with Crippen molar-refractivity contribution >= 4 is 11.9 Å². The summed E-state index contributed by atoms with van der Waals surface area (Å²) in [5.41, 5.74) is 3.33. The largest absolute Gasteiger partial charge is 0.467 e. The van der Waals surface area contributed by atoms with Crippen LogP contribution in [0.2, 0.25) is 0 Å². The summed E-state index contributed by atoms with van der Waals surface area (Å²) in [4.78, 5) is 25.0. The Bertz CT molecular complexity index is 1010. The molecule has 3 aromatic rings. The first-order chi connectivity index (χ1) is 13.9. The topological polar surface area (TPSA) is 93.5 Å². The summed E-state index contributed by atoms with van der Waals surface area (Å²) in [6.45, 7) is 3.35. The molecule has 0 aliphatic rings. The first-order valence-corrected chi connectivity index (χ1v) is 9.20. The lowest BCUT2D eigenvalue weighted by Crippen LogP contribution is -2.48. The molecule has 3 rings (SSSR count). The molecular weight excluding hydrogens is 370 g/mol. The van der Waals surface area contributed by atoms with E-state index in [1.54, 1.807) is 10.9 Å². The smallest absolute Gasteiger partial charge is 0.331 e. The van der Waals surface area contributed by atoms with E-state index in [0.29, 0.717) is 5.69 Å². The molecule has 1 heterocycles. The highest BCUT2D eigenvalue weighted by Crippen LogP contribution is 2.26. The van der Waals surface area contributed by atoms with Gasteiger partial charge in [0.15, 0.2) is 6.04 Å². The minimum absolute atomic E-state index is 0.290. The van der Waals surface area contributed by atoms with Crippen LogP contribution in [0.4, 0.5) is 0 Å². The van der Waals surface area contributed by atoms with Gasteiger partial charge in [-0.2, -0.15) is 5.10 Å². The normalized spacial score (nSPS) is 12.8. The molecule has 7 nitrogen and oxygen atoms in total. The summed E-state index contributed by atoms with van der Waals surface area (Å²) >= 11 is 0. The Balaban J connectivity index is 2.06. The Hall–Kier alpha value is -3.45. The number of nitrogens with zero attached hydrogens (tertiary/aromatic N) is 2. The first kappa shape index (κ1) is 20.3. The lowest BCUT2D eigenvalue weighted by atomic mass is 10.0. The maximum absolute atomic E-state index is 13.0. The molecule has 150 valence electrons. The van der Waals surface area contributed by atoms with Gasteiger partial charge in [0.05, 0.1) is 24.5 Å². The Morgan fingerprint density at radius 2 is 1.76 bits per heavy atom. The van der Waals surface area contributed by atoms with Crippen LogP contribution in [0.25, 0.3) is 16.9 Å². The van der Waals surface area contributed by atoms with Gasteiger partial charge in [-0.3, -0.25) is 4.79 Å². The molecule has 1 aromatic heterocycles. The second-order valence-electron chi connectivity index (χ2n) is 6.70. The van der Waals surface area contributed by atoms with Crippen LogP contribution in [-0.4, -0.2) is 46.0 Å². The molecule has 0 fully saturated rings. The van der Waals surface area contributed by atoms with Crippen molar-refractivity contribution in [1.29, 1.82) is 0 Å². The van der Waals surface area contributed by atoms with Crippen LogP contribution < -0.4 is 5.32 Å². The predicted molar refractivity (Wildman–Crippen MR) is 109 cm³/mol. The SMILES string of the molecule is COC(=O)[C@@H](NC(=O)c1cn(-c2ccccc2)nc1-c1ccccc1C)[C@@H](C)O. The number of para-hydroxylation sites is 1. The van der Waals surface area contributed by atoms with Crippen LogP contribution in [0.3, 0.4) is 0 Å². The van der Waals surface area contributed by atoms with E-state index in [0.717, 1.165) is 16.8 Å². The Morgan fingerprint density at radius 3 is 2.38 bits per heavy atom. The number of nitrogens with one attached hydrogen (secondary N) is 1. The molecule has 2 N–H and O–H groups in total. The maximum Gasteiger partial charge on any atom is 0.331 e. The minimum Gasteiger partial charge on any atom is -0.467 e. The summed E-state index contributed by atoms with van der Waals surface area (Å²) in [5, 5.41) is 17.1. The van der Waals surface area contributed by atoms with Gasteiger partial charge in [0, 0.05) is 11.8 Å². The molecule has 0 bridgehead atoms. The van der Waals surface area contributed by atoms with E-state index in [9.17, 15) is 14.7 Å². The first-order valence-electron chi connectivity index (χ1n) is 9.20. The highest BCUT2D eigenvalue weighted by Gasteiger charge is 2.29. The zero-order valence-corrected chi connectivity index (χ0v) is 16.5. The number of amides is 1. The van der Waals surface area contributed by atoms with E-state index in [-0.39, 0.29) is 5.56 Å². The van der Waals surface area contributed by atoms with Crippen LogP contribution in [0.5, 0.6) is 0 Å². The minimum atomic E-state index is -1.18. The van der Waals surface area contributed by atoms with E-state index < -0.39 is 24.0 Å². The van der Waals surface area contributed by atoms with Gasteiger partial charge in [0.2, 0.25) is 0 Å². The van der Waals surface area contributed by atoms with Crippen molar-refractivity contribution in [3.8, 4) is 16.9 Å². The number of hydrogen-bond acceptors (Lipinski definition) is 5. The number of hydrogen-bond donors (Lipinski definition) is 2. The Labute approximate surface area is 168 Å². The monoisotopic (exact) mass is 393 g/mol. The molecule has 0 spiro atoms. The second-order valence-corrected chi connectivity index (χ2v) is 6.70. The van der Waals surface area contributed by atoms with Crippen molar-refractivity contribution < 1.29 is 19.4 Å². The molecule has 0 unspecified atom stereocenters. The third-order valence-corrected chi connectivity index (χ3v) is 4.60. The van der Waals surface area contributed by atoms with Gasteiger partial charge < -0.3 is 15.2 Å². The molecular formula is C22H23N3O4. The molecule has 0 radical (unpaired) electrons. The highest BCUT2D eigenvalue weighted by atomic mass is 16.5. The number of aromatic nitrogens is 2. The number of carbonyl (C=O) groups excluding carboxylic acids is 2. The number of aliphatic hydroxyl groups is 1. The van der Waals surface area contributed by atoms with Gasteiger partial charge in [-0.05, 0) is 31.5 Å². The quantitative estimate of drug-likeness (QED) is 0.628. The van der Waals surface area contributed by atoms with Crippen LogP contribution in [0.1, 0.15) is 22.8 Å².